The Kier molecular flexibility index (Phi) is 6.45. The van der Waals surface area contributed by atoms with Crippen LogP contribution in [0.15, 0.2) is 18.2 Å². The molecule has 1 aromatic carbocycles. The van der Waals surface area contributed by atoms with Crippen molar-refractivity contribution in [1.29, 1.82) is 0 Å². The number of rotatable bonds is 8. The summed E-state index contributed by atoms with van der Waals surface area (Å²) in [5.41, 5.74) is 1.01. The van der Waals surface area contributed by atoms with Crippen molar-refractivity contribution in [3.8, 4) is 11.5 Å². The summed E-state index contributed by atoms with van der Waals surface area (Å²) in [5, 5.41) is 0. The molecular formula is C16H27N3O4S. The van der Waals surface area contributed by atoms with Crippen molar-refractivity contribution >= 4 is 10.2 Å². The molecule has 1 N–H and O–H groups in total. The molecule has 136 valence electrons. The van der Waals surface area contributed by atoms with Crippen LogP contribution in [0.1, 0.15) is 24.4 Å². The lowest BCUT2D eigenvalue weighted by Gasteiger charge is -2.29. The molecule has 1 unspecified atom stereocenters. The highest BCUT2D eigenvalue weighted by Gasteiger charge is 2.26. The van der Waals surface area contributed by atoms with Crippen LogP contribution in [0.2, 0.25) is 0 Å². The van der Waals surface area contributed by atoms with Crippen LogP contribution in [0, 0.1) is 0 Å². The number of likely N-dealkylation sites (tertiary alicyclic amines) is 1. The van der Waals surface area contributed by atoms with Crippen LogP contribution in [0.25, 0.3) is 0 Å². The van der Waals surface area contributed by atoms with E-state index in [0.717, 1.165) is 31.5 Å². The van der Waals surface area contributed by atoms with Gasteiger partial charge in [0.2, 0.25) is 0 Å². The van der Waals surface area contributed by atoms with Gasteiger partial charge in [0, 0.05) is 26.7 Å². The van der Waals surface area contributed by atoms with Gasteiger partial charge in [-0.25, -0.2) is 4.72 Å². The zero-order chi connectivity index (χ0) is 17.7. The van der Waals surface area contributed by atoms with Crippen LogP contribution < -0.4 is 14.2 Å². The number of benzene rings is 1. The molecule has 0 saturated carbocycles. The van der Waals surface area contributed by atoms with E-state index in [-0.39, 0.29) is 6.04 Å². The Morgan fingerprint density at radius 2 is 1.79 bits per heavy atom. The highest BCUT2D eigenvalue weighted by Crippen LogP contribution is 2.33. The predicted molar refractivity (Wildman–Crippen MR) is 93.7 cm³/mol. The van der Waals surface area contributed by atoms with Crippen molar-refractivity contribution in [3.63, 3.8) is 0 Å². The molecule has 1 aliphatic rings. The average Bonchev–Trinajstić information content (AvgIpc) is 3.08. The Morgan fingerprint density at radius 1 is 1.17 bits per heavy atom. The first-order valence-electron chi connectivity index (χ1n) is 8.02. The fraction of sp³-hybridized carbons (Fsp3) is 0.625. The van der Waals surface area contributed by atoms with E-state index >= 15 is 0 Å². The molecule has 0 aromatic heterocycles. The lowest BCUT2D eigenvalue weighted by Crippen LogP contribution is -2.41. The molecule has 2 rings (SSSR count). The molecule has 1 heterocycles. The zero-order valence-electron chi connectivity index (χ0n) is 14.8. The fourth-order valence-corrected chi connectivity index (χ4v) is 3.51. The van der Waals surface area contributed by atoms with E-state index in [1.54, 1.807) is 14.2 Å². The predicted octanol–water partition coefficient (Wildman–Crippen LogP) is 1.24. The third-order valence-corrected chi connectivity index (χ3v) is 5.81. The summed E-state index contributed by atoms with van der Waals surface area (Å²) in [6.07, 6.45) is 2.26. The van der Waals surface area contributed by atoms with Gasteiger partial charge in [-0.3, -0.25) is 4.90 Å². The second kappa shape index (κ2) is 8.15. The van der Waals surface area contributed by atoms with E-state index in [0.29, 0.717) is 18.0 Å². The number of nitrogens with one attached hydrogen (secondary N) is 1. The minimum Gasteiger partial charge on any atom is -0.493 e. The quantitative estimate of drug-likeness (QED) is 0.758. The van der Waals surface area contributed by atoms with Crippen molar-refractivity contribution in [1.82, 2.24) is 13.9 Å². The molecule has 0 spiro atoms. The molecule has 1 aliphatic heterocycles. The fourth-order valence-electron chi connectivity index (χ4n) is 2.88. The first kappa shape index (κ1) is 19.0. The van der Waals surface area contributed by atoms with Gasteiger partial charge in [-0.2, -0.15) is 12.7 Å². The summed E-state index contributed by atoms with van der Waals surface area (Å²) >= 11 is 0. The standard InChI is InChI=1S/C16H27N3O4S/c1-18(2)24(20,21)17-12-14(19-9-5-6-10-19)13-7-8-15(22-3)16(11-13)23-4/h7-8,11,14,17H,5-6,9-10,12H2,1-4H3. The van der Waals surface area contributed by atoms with Gasteiger partial charge in [0.1, 0.15) is 0 Å². The Balaban J connectivity index is 2.26. The number of nitrogens with zero attached hydrogens (tertiary/aromatic N) is 2. The van der Waals surface area contributed by atoms with Crippen molar-refractivity contribution in [2.45, 2.75) is 18.9 Å². The highest BCUT2D eigenvalue weighted by molar-refractivity contribution is 7.87. The number of methoxy groups -OCH3 is 2. The maximum atomic E-state index is 12.1. The molecule has 24 heavy (non-hydrogen) atoms. The van der Waals surface area contributed by atoms with E-state index in [4.69, 9.17) is 9.47 Å². The first-order chi connectivity index (χ1) is 11.4. The van der Waals surface area contributed by atoms with Crippen LogP contribution in [-0.2, 0) is 10.2 Å². The van der Waals surface area contributed by atoms with Gasteiger partial charge in [-0.1, -0.05) is 6.07 Å². The van der Waals surface area contributed by atoms with E-state index in [1.807, 2.05) is 18.2 Å². The molecule has 8 heteroatoms. The molecule has 0 amide bonds. The Morgan fingerprint density at radius 3 is 2.33 bits per heavy atom. The summed E-state index contributed by atoms with van der Waals surface area (Å²) in [6.45, 7) is 2.24. The van der Waals surface area contributed by atoms with Gasteiger partial charge in [-0.15, -0.1) is 0 Å². The van der Waals surface area contributed by atoms with Gasteiger partial charge in [0.25, 0.3) is 10.2 Å². The molecule has 1 fully saturated rings. The molecule has 1 saturated heterocycles. The van der Waals surface area contributed by atoms with Gasteiger partial charge in [-0.05, 0) is 43.6 Å². The van der Waals surface area contributed by atoms with Crippen LogP contribution in [0.3, 0.4) is 0 Å². The lowest BCUT2D eigenvalue weighted by atomic mass is 10.0. The van der Waals surface area contributed by atoms with Gasteiger partial charge in [0.05, 0.1) is 14.2 Å². The van der Waals surface area contributed by atoms with Crippen LogP contribution >= 0.6 is 0 Å². The molecule has 0 bridgehead atoms. The minimum absolute atomic E-state index is 0.0398. The largest absolute Gasteiger partial charge is 0.493 e. The topological polar surface area (TPSA) is 71.1 Å². The minimum atomic E-state index is -3.46. The lowest BCUT2D eigenvalue weighted by molar-refractivity contribution is 0.244. The summed E-state index contributed by atoms with van der Waals surface area (Å²) in [5.74, 6) is 1.31. The Hall–Kier alpha value is -1.35. The molecule has 0 aliphatic carbocycles. The van der Waals surface area contributed by atoms with Gasteiger partial charge in [0.15, 0.2) is 11.5 Å². The molecular weight excluding hydrogens is 330 g/mol. The summed E-state index contributed by atoms with van der Waals surface area (Å²) in [7, 11) is 2.77. The monoisotopic (exact) mass is 357 g/mol. The van der Waals surface area contributed by atoms with Crippen LogP contribution in [0.4, 0.5) is 0 Å². The van der Waals surface area contributed by atoms with Crippen molar-refractivity contribution in [2.24, 2.45) is 0 Å². The van der Waals surface area contributed by atoms with Crippen LogP contribution in [0.5, 0.6) is 11.5 Å². The zero-order valence-corrected chi connectivity index (χ0v) is 15.6. The van der Waals surface area contributed by atoms with Crippen LogP contribution in [-0.4, -0.2) is 65.6 Å². The Bertz CT molecular complexity index is 643. The third kappa shape index (κ3) is 4.38. The SMILES string of the molecule is COc1ccc(C(CNS(=O)(=O)N(C)C)N2CCCC2)cc1OC. The summed E-state index contributed by atoms with van der Waals surface area (Å²) in [4.78, 5) is 2.30. The molecule has 0 radical (unpaired) electrons. The second-order valence-corrected chi connectivity index (χ2v) is 7.98. The molecule has 1 aromatic rings. The van der Waals surface area contributed by atoms with Crippen molar-refractivity contribution in [3.05, 3.63) is 23.8 Å². The van der Waals surface area contributed by atoms with Gasteiger partial charge < -0.3 is 9.47 Å². The van der Waals surface area contributed by atoms with Crippen molar-refractivity contribution < 1.29 is 17.9 Å². The second-order valence-electron chi connectivity index (χ2n) is 6.01. The first-order valence-corrected chi connectivity index (χ1v) is 9.46. The smallest absolute Gasteiger partial charge is 0.278 e. The van der Waals surface area contributed by atoms with E-state index in [9.17, 15) is 8.42 Å². The van der Waals surface area contributed by atoms with E-state index in [2.05, 4.69) is 9.62 Å². The van der Waals surface area contributed by atoms with Crippen molar-refractivity contribution in [2.75, 3.05) is 47.9 Å². The van der Waals surface area contributed by atoms with E-state index in [1.165, 1.54) is 18.4 Å². The maximum Gasteiger partial charge on any atom is 0.278 e. The highest BCUT2D eigenvalue weighted by atomic mass is 32.2. The Labute approximate surface area is 144 Å². The average molecular weight is 357 g/mol. The van der Waals surface area contributed by atoms with Gasteiger partial charge >= 0.3 is 0 Å². The third-order valence-electron chi connectivity index (χ3n) is 4.31. The number of hydrogen-bond donors (Lipinski definition) is 1. The maximum absolute atomic E-state index is 12.1. The summed E-state index contributed by atoms with van der Waals surface area (Å²) in [6, 6.07) is 5.71. The molecule has 7 nitrogen and oxygen atoms in total. The number of hydrogen-bond acceptors (Lipinski definition) is 5. The number of ether oxygens (including phenoxy) is 2. The summed E-state index contributed by atoms with van der Waals surface area (Å²) < 4.78 is 38.6. The van der Waals surface area contributed by atoms with E-state index < -0.39 is 10.2 Å². The molecule has 1 atom stereocenters. The normalized spacial score (nSPS) is 17.2.